The highest BCUT2D eigenvalue weighted by Gasteiger charge is 1.99. The molecule has 0 saturated heterocycles. The molecule has 0 aliphatic rings. The van der Waals surface area contributed by atoms with E-state index in [0.29, 0.717) is 5.92 Å². The zero-order valence-electron chi connectivity index (χ0n) is 5.90. The van der Waals surface area contributed by atoms with E-state index in [2.05, 4.69) is 40.2 Å². The lowest BCUT2D eigenvalue weighted by Crippen LogP contribution is -1.83. The monoisotopic (exact) mass is 157 g/mol. The highest BCUT2D eigenvalue weighted by Crippen LogP contribution is 2.18. The molecule has 0 aliphatic heterocycles. The van der Waals surface area contributed by atoms with E-state index in [4.69, 9.17) is 0 Å². The zero-order chi connectivity index (χ0) is 7.40. The first kappa shape index (κ1) is 7.53. The van der Waals surface area contributed by atoms with E-state index in [1.165, 1.54) is 11.8 Å². The third-order valence-electron chi connectivity index (χ3n) is 0.778. The van der Waals surface area contributed by atoms with Crippen LogP contribution in [0.4, 0.5) is 0 Å². The molecule has 1 radical (unpaired) electrons. The SMILES string of the molecule is CC(C)[CH]Sc1nnn[nH]1. The Hall–Kier alpha value is -0.580. The molecule has 1 aromatic rings. The molecule has 0 atom stereocenters. The van der Waals surface area contributed by atoms with E-state index in [9.17, 15) is 0 Å². The molecule has 0 aliphatic carbocycles. The van der Waals surface area contributed by atoms with Gasteiger partial charge in [0.2, 0.25) is 5.16 Å². The third-order valence-corrected chi connectivity index (χ3v) is 1.85. The quantitative estimate of drug-likeness (QED) is 0.668. The molecule has 0 fully saturated rings. The Kier molecular flexibility index (Phi) is 2.68. The Morgan fingerprint density at radius 3 is 2.90 bits per heavy atom. The van der Waals surface area contributed by atoms with Gasteiger partial charge in [-0.15, -0.1) is 5.10 Å². The molecule has 0 bridgehead atoms. The molecule has 0 amide bonds. The van der Waals surface area contributed by atoms with Gasteiger partial charge in [0.05, 0.1) is 0 Å². The molecular weight excluding hydrogens is 148 g/mol. The second-order valence-corrected chi connectivity index (χ2v) is 3.10. The summed E-state index contributed by atoms with van der Waals surface area (Å²) in [5.41, 5.74) is 0. The summed E-state index contributed by atoms with van der Waals surface area (Å²) in [5.74, 6) is 2.62. The molecule has 4 nitrogen and oxygen atoms in total. The number of thioether (sulfide) groups is 1. The van der Waals surface area contributed by atoms with Crippen molar-refractivity contribution < 1.29 is 0 Å². The Labute approximate surface area is 63.8 Å². The van der Waals surface area contributed by atoms with Crippen LogP contribution >= 0.6 is 11.8 Å². The lowest BCUT2D eigenvalue weighted by atomic mass is 10.3. The number of H-pyrrole nitrogens is 1. The first-order chi connectivity index (χ1) is 4.79. The summed E-state index contributed by atoms with van der Waals surface area (Å²) in [6.07, 6.45) is 0. The van der Waals surface area contributed by atoms with Crippen LogP contribution in [0.1, 0.15) is 13.8 Å². The van der Waals surface area contributed by atoms with E-state index in [1.807, 2.05) is 0 Å². The van der Waals surface area contributed by atoms with E-state index < -0.39 is 0 Å². The highest BCUT2D eigenvalue weighted by molar-refractivity contribution is 8.01. The van der Waals surface area contributed by atoms with Gasteiger partial charge in [-0.1, -0.05) is 25.6 Å². The maximum atomic E-state index is 3.70. The van der Waals surface area contributed by atoms with Gasteiger partial charge in [-0.25, -0.2) is 5.10 Å². The Bertz CT molecular complexity index is 172. The van der Waals surface area contributed by atoms with Crippen molar-refractivity contribution in [3.63, 3.8) is 0 Å². The van der Waals surface area contributed by atoms with Crippen molar-refractivity contribution in [2.24, 2.45) is 5.92 Å². The summed E-state index contributed by atoms with van der Waals surface area (Å²) in [4.78, 5) is 0. The number of aromatic amines is 1. The second-order valence-electron chi connectivity index (χ2n) is 2.20. The first-order valence-corrected chi connectivity index (χ1v) is 3.90. The molecule has 10 heavy (non-hydrogen) atoms. The average Bonchev–Trinajstić information content (AvgIpc) is 2.34. The zero-order valence-corrected chi connectivity index (χ0v) is 6.72. The predicted molar refractivity (Wildman–Crippen MR) is 39.2 cm³/mol. The summed E-state index contributed by atoms with van der Waals surface area (Å²) < 4.78 is 0. The smallest absolute Gasteiger partial charge is 0.207 e. The lowest BCUT2D eigenvalue weighted by molar-refractivity contribution is 0.809. The molecule has 1 aromatic heterocycles. The van der Waals surface area contributed by atoms with Gasteiger partial charge >= 0.3 is 0 Å². The van der Waals surface area contributed by atoms with Crippen LogP contribution in [0.5, 0.6) is 0 Å². The minimum Gasteiger partial charge on any atom is -0.234 e. The summed E-state index contributed by atoms with van der Waals surface area (Å²) in [6.45, 7) is 4.22. The average molecular weight is 157 g/mol. The molecular formula is C5H9N4S. The second kappa shape index (κ2) is 3.55. The number of hydrogen-bond acceptors (Lipinski definition) is 4. The van der Waals surface area contributed by atoms with Gasteiger partial charge in [0.15, 0.2) is 0 Å². The van der Waals surface area contributed by atoms with Gasteiger partial charge in [0, 0.05) is 5.75 Å². The van der Waals surface area contributed by atoms with Crippen molar-refractivity contribution in [1.82, 2.24) is 20.6 Å². The van der Waals surface area contributed by atoms with Gasteiger partial charge in [-0.2, -0.15) is 0 Å². The van der Waals surface area contributed by atoms with E-state index >= 15 is 0 Å². The van der Waals surface area contributed by atoms with Crippen LogP contribution in [0, 0.1) is 11.7 Å². The Balaban J connectivity index is 2.28. The largest absolute Gasteiger partial charge is 0.234 e. The fourth-order valence-electron chi connectivity index (χ4n) is 0.401. The summed E-state index contributed by atoms with van der Waals surface area (Å²) in [7, 11) is 0. The number of nitrogens with one attached hydrogen (secondary N) is 1. The minimum absolute atomic E-state index is 0.551. The van der Waals surface area contributed by atoms with Crippen molar-refractivity contribution in [2.45, 2.75) is 19.0 Å². The van der Waals surface area contributed by atoms with Gasteiger partial charge in [0.25, 0.3) is 0 Å². The van der Waals surface area contributed by atoms with Crippen molar-refractivity contribution >= 4 is 11.8 Å². The Morgan fingerprint density at radius 1 is 1.60 bits per heavy atom. The van der Waals surface area contributed by atoms with E-state index in [-0.39, 0.29) is 0 Å². The summed E-state index contributed by atoms with van der Waals surface area (Å²) in [5, 5.41) is 14.0. The van der Waals surface area contributed by atoms with Crippen molar-refractivity contribution in [2.75, 3.05) is 0 Å². The van der Waals surface area contributed by atoms with Crippen molar-refractivity contribution in [3.8, 4) is 0 Å². The van der Waals surface area contributed by atoms with Crippen LogP contribution in [0.2, 0.25) is 0 Å². The highest BCUT2D eigenvalue weighted by atomic mass is 32.2. The van der Waals surface area contributed by atoms with Crippen LogP contribution < -0.4 is 0 Å². The fraction of sp³-hybridized carbons (Fsp3) is 0.600. The van der Waals surface area contributed by atoms with Gasteiger partial charge in [0.1, 0.15) is 0 Å². The van der Waals surface area contributed by atoms with Gasteiger partial charge < -0.3 is 0 Å². The molecule has 0 spiro atoms. The van der Waals surface area contributed by atoms with Crippen LogP contribution in [-0.4, -0.2) is 20.6 Å². The topological polar surface area (TPSA) is 54.5 Å². The molecule has 1 rings (SSSR count). The van der Waals surface area contributed by atoms with Crippen LogP contribution in [0.15, 0.2) is 5.16 Å². The molecule has 5 heteroatoms. The van der Waals surface area contributed by atoms with E-state index in [0.717, 1.165) is 5.16 Å². The number of nitrogens with zero attached hydrogens (tertiary/aromatic N) is 3. The summed E-state index contributed by atoms with van der Waals surface area (Å²) in [6, 6.07) is 0. The maximum absolute atomic E-state index is 3.70. The van der Waals surface area contributed by atoms with E-state index in [1.54, 1.807) is 0 Å². The standard InChI is InChI=1S/C5H9N4S/c1-4(2)3-10-5-6-8-9-7-5/h3-4H,1-2H3,(H,6,7,8,9). The van der Waals surface area contributed by atoms with Gasteiger partial charge in [-0.3, -0.25) is 0 Å². The summed E-state index contributed by atoms with van der Waals surface area (Å²) >= 11 is 1.52. The molecule has 55 valence electrons. The molecule has 0 aromatic carbocycles. The lowest BCUT2D eigenvalue weighted by Gasteiger charge is -1.97. The van der Waals surface area contributed by atoms with Crippen LogP contribution in [-0.2, 0) is 0 Å². The normalized spacial score (nSPS) is 10.7. The molecule has 0 unspecified atom stereocenters. The molecule has 1 N–H and O–H groups in total. The first-order valence-electron chi connectivity index (χ1n) is 3.03. The number of aromatic nitrogens is 4. The predicted octanol–water partition coefficient (Wildman–Crippen LogP) is 1.11. The van der Waals surface area contributed by atoms with Crippen LogP contribution in [0.3, 0.4) is 0 Å². The minimum atomic E-state index is 0.551. The molecule has 0 saturated carbocycles. The third kappa shape index (κ3) is 2.34. The van der Waals surface area contributed by atoms with Crippen molar-refractivity contribution in [1.29, 1.82) is 0 Å². The fourth-order valence-corrected chi connectivity index (χ4v) is 0.979. The maximum Gasteiger partial charge on any atom is 0.207 e. The number of hydrogen-bond donors (Lipinski definition) is 1. The van der Waals surface area contributed by atoms with Crippen molar-refractivity contribution in [3.05, 3.63) is 5.75 Å². The number of rotatable bonds is 3. The van der Waals surface area contributed by atoms with Crippen LogP contribution in [0.25, 0.3) is 0 Å². The van der Waals surface area contributed by atoms with Gasteiger partial charge in [-0.05, 0) is 16.3 Å². The Morgan fingerprint density at radius 2 is 2.40 bits per heavy atom. The molecule has 1 heterocycles. The number of tetrazole rings is 1.